The molecule has 0 saturated heterocycles. The van der Waals surface area contributed by atoms with Gasteiger partial charge in [0.15, 0.2) is 0 Å². The van der Waals surface area contributed by atoms with Crippen molar-refractivity contribution in [1.82, 2.24) is 9.97 Å². The van der Waals surface area contributed by atoms with Gasteiger partial charge in [0.25, 0.3) is 0 Å². The third-order valence-corrected chi connectivity index (χ3v) is 2.30. The molecule has 2 rings (SSSR count). The summed E-state index contributed by atoms with van der Waals surface area (Å²) in [4.78, 5) is 7.01. The van der Waals surface area contributed by atoms with E-state index in [0.29, 0.717) is 5.82 Å². The molecule has 2 N–H and O–H groups in total. The summed E-state index contributed by atoms with van der Waals surface area (Å²) < 4.78 is 12.7. The largest absolute Gasteiger partial charge is 0.395 e. The molecule has 15 heavy (non-hydrogen) atoms. The van der Waals surface area contributed by atoms with Crippen LogP contribution in [0.2, 0.25) is 0 Å². The minimum absolute atomic E-state index is 0.0564. The third kappa shape index (κ3) is 2.05. The number of nitrogens with zero attached hydrogens (tertiary/aromatic N) is 1. The summed E-state index contributed by atoms with van der Waals surface area (Å²) in [7, 11) is 0. The van der Waals surface area contributed by atoms with Gasteiger partial charge >= 0.3 is 0 Å². The molecule has 0 saturated carbocycles. The van der Waals surface area contributed by atoms with Gasteiger partial charge in [-0.15, -0.1) is 0 Å². The average molecular weight is 206 g/mol. The molecule has 1 atom stereocenters. The molecule has 0 radical (unpaired) electrons. The maximum atomic E-state index is 12.7. The van der Waals surface area contributed by atoms with E-state index in [2.05, 4.69) is 9.97 Å². The van der Waals surface area contributed by atoms with Crippen LogP contribution >= 0.6 is 0 Å². The van der Waals surface area contributed by atoms with Crippen LogP contribution in [0.25, 0.3) is 0 Å². The number of aliphatic hydroxyl groups excluding tert-OH is 1. The second-order valence-electron chi connectivity index (χ2n) is 3.26. The first kappa shape index (κ1) is 9.86. The molecule has 0 aliphatic rings. The van der Waals surface area contributed by atoms with Gasteiger partial charge in [-0.25, -0.2) is 9.37 Å². The number of benzene rings is 1. The average Bonchev–Trinajstić information content (AvgIpc) is 2.75. The van der Waals surface area contributed by atoms with Crippen LogP contribution in [-0.4, -0.2) is 21.7 Å². The Hall–Kier alpha value is -1.68. The van der Waals surface area contributed by atoms with Gasteiger partial charge in [0, 0.05) is 12.4 Å². The van der Waals surface area contributed by atoms with Crippen molar-refractivity contribution in [2.75, 3.05) is 6.61 Å². The van der Waals surface area contributed by atoms with Crippen molar-refractivity contribution in [3.05, 3.63) is 53.9 Å². The Morgan fingerprint density at radius 2 is 2.07 bits per heavy atom. The first-order valence-electron chi connectivity index (χ1n) is 4.67. The number of aromatic amines is 1. The van der Waals surface area contributed by atoms with Crippen LogP contribution < -0.4 is 0 Å². The lowest BCUT2D eigenvalue weighted by Crippen LogP contribution is -2.07. The van der Waals surface area contributed by atoms with Crippen molar-refractivity contribution in [2.45, 2.75) is 5.92 Å². The molecule has 2 aromatic rings. The third-order valence-electron chi connectivity index (χ3n) is 2.30. The molecule has 0 aliphatic carbocycles. The van der Waals surface area contributed by atoms with Gasteiger partial charge in [-0.3, -0.25) is 0 Å². The van der Waals surface area contributed by atoms with Crippen LogP contribution in [0, 0.1) is 5.82 Å². The van der Waals surface area contributed by atoms with Gasteiger partial charge in [-0.2, -0.15) is 0 Å². The number of aliphatic hydroxyl groups is 1. The van der Waals surface area contributed by atoms with Crippen LogP contribution in [0.4, 0.5) is 4.39 Å². The number of H-pyrrole nitrogens is 1. The van der Waals surface area contributed by atoms with Crippen molar-refractivity contribution in [3.8, 4) is 0 Å². The number of hydrogen-bond donors (Lipinski definition) is 2. The van der Waals surface area contributed by atoms with E-state index in [1.807, 2.05) is 0 Å². The maximum Gasteiger partial charge on any atom is 0.123 e. The Labute approximate surface area is 86.6 Å². The molecule has 0 spiro atoms. The van der Waals surface area contributed by atoms with Crippen LogP contribution in [0.15, 0.2) is 36.7 Å². The van der Waals surface area contributed by atoms with E-state index in [4.69, 9.17) is 0 Å². The zero-order valence-corrected chi connectivity index (χ0v) is 8.02. The highest BCUT2D eigenvalue weighted by atomic mass is 19.1. The lowest BCUT2D eigenvalue weighted by Gasteiger charge is -2.11. The van der Waals surface area contributed by atoms with E-state index in [-0.39, 0.29) is 18.3 Å². The summed E-state index contributed by atoms with van der Waals surface area (Å²) >= 11 is 0. The lowest BCUT2D eigenvalue weighted by atomic mass is 9.99. The molecular weight excluding hydrogens is 195 g/mol. The fourth-order valence-corrected chi connectivity index (χ4v) is 1.51. The summed E-state index contributed by atoms with van der Waals surface area (Å²) in [6, 6.07) is 6.05. The highest BCUT2D eigenvalue weighted by Gasteiger charge is 2.14. The topological polar surface area (TPSA) is 48.9 Å². The summed E-state index contributed by atoms with van der Waals surface area (Å²) in [5.74, 6) is 0.180. The molecule has 0 amide bonds. The van der Waals surface area contributed by atoms with Gasteiger partial charge in [-0.1, -0.05) is 12.1 Å². The molecule has 1 unspecified atom stereocenters. The monoisotopic (exact) mass is 206 g/mol. The fraction of sp³-hybridized carbons (Fsp3) is 0.182. The highest BCUT2D eigenvalue weighted by molar-refractivity contribution is 5.26. The van der Waals surface area contributed by atoms with E-state index >= 15 is 0 Å². The van der Waals surface area contributed by atoms with Crippen LogP contribution in [0.1, 0.15) is 17.3 Å². The fourth-order valence-electron chi connectivity index (χ4n) is 1.51. The van der Waals surface area contributed by atoms with Gasteiger partial charge in [0.1, 0.15) is 11.6 Å². The minimum Gasteiger partial charge on any atom is -0.395 e. The molecule has 0 fully saturated rings. The summed E-state index contributed by atoms with van der Waals surface area (Å²) in [6.07, 6.45) is 3.32. The van der Waals surface area contributed by atoms with Crippen molar-refractivity contribution < 1.29 is 9.50 Å². The predicted molar refractivity (Wildman–Crippen MR) is 53.9 cm³/mol. The number of imidazole rings is 1. The standard InChI is InChI=1S/C11H11FN2O/c12-9-3-1-8(2-4-9)10(7-15)11-13-5-6-14-11/h1-6,10,15H,7H2,(H,13,14). The van der Waals surface area contributed by atoms with E-state index in [1.165, 1.54) is 12.1 Å². The Morgan fingerprint density at radius 3 is 2.60 bits per heavy atom. The van der Waals surface area contributed by atoms with E-state index in [9.17, 15) is 9.50 Å². The van der Waals surface area contributed by atoms with Gasteiger partial charge in [-0.05, 0) is 17.7 Å². The predicted octanol–water partition coefficient (Wildman–Crippen LogP) is 1.67. The molecule has 0 aliphatic heterocycles. The minimum atomic E-state index is -0.283. The van der Waals surface area contributed by atoms with E-state index in [0.717, 1.165) is 5.56 Å². The zero-order valence-electron chi connectivity index (χ0n) is 8.02. The summed E-state index contributed by atoms with van der Waals surface area (Å²) in [6.45, 7) is -0.0564. The number of rotatable bonds is 3. The molecule has 1 heterocycles. The molecule has 0 bridgehead atoms. The first-order valence-corrected chi connectivity index (χ1v) is 4.67. The van der Waals surface area contributed by atoms with Crippen molar-refractivity contribution in [1.29, 1.82) is 0 Å². The maximum absolute atomic E-state index is 12.7. The van der Waals surface area contributed by atoms with Gasteiger partial charge < -0.3 is 10.1 Å². The second kappa shape index (κ2) is 4.23. The van der Waals surface area contributed by atoms with Crippen LogP contribution in [0.3, 0.4) is 0 Å². The Kier molecular flexibility index (Phi) is 2.78. The number of aromatic nitrogens is 2. The molecular formula is C11H11FN2O. The Balaban J connectivity index is 2.31. The summed E-state index contributed by atoms with van der Waals surface area (Å²) in [5.41, 5.74) is 0.842. The molecule has 78 valence electrons. The van der Waals surface area contributed by atoms with Crippen molar-refractivity contribution in [2.24, 2.45) is 0 Å². The van der Waals surface area contributed by atoms with E-state index < -0.39 is 0 Å². The lowest BCUT2D eigenvalue weighted by molar-refractivity contribution is 0.277. The molecule has 4 heteroatoms. The Morgan fingerprint density at radius 1 is 1.33 bits per heavy atom. The van der Waals surface area contributed by atoms with Crippen molar-refractivity contribution in [3.63, 3.8) is 0 Å². The number of nitrogens with one attached hydrogen (secondary N) is 1. The normalized spacial score (nSPS) is 12.7. The van der Waals surface area contributed by atoms with Gasteiger partial charge in [0.05, 0.1) is 12.5 Å². The van der Waals surface area contributed by atoms with E-state index in [1.54, 1.807) is 24.5 Å². The smallest absolute Gasteiger partial charge is 0.123 e. The van der Waals surface area contributed by atoms with Gasteiger partial charge in [0.2, 0.25) is 0 Å². The van der Waals surface area contributed by atoms with Crippen LogP contribution in [0.5, 0.6) is 0 Å². The second-order valence-corrected chi connectivity index (χ2v) is 3.26. The number of hydrogen-bond acceptors (Lipinski definition) is 2. The summed E-state index contributed by atoms with van der Waals surface area (Å²) in [5, 5.41) is 9.27. The van der Waals surface area contributed by atoms with Crippen molar-refractivity contribution >= 4 is 0 Å². The van der Waals surface area contributed by atoms with Crippen LogP contribution in [-0.2, 0) is 0 Å². The zero-order chi connectivity index (χ0) is 10.7. The Bertz CT molecular complexity index is 411. The quantitative estimate of drug-likeness (QED) is 0.802. The first-order chi connectivity index (χ1) is 7.31. The number of halogens is 1. The molecule has 1 aromatic carbocycles. The SMILES string of the molecule is OCC(c1ccc(F)cc1)c1ncc[nH]1. The molecule has 3 nitrogen and oxygen atoms in total. The molecule has 1 aromatic heterocycles. The highest BCUT2D eigenvalue weighted by Crippen LogP contribution is 2.20.